The van der Waals surface area contributed by atoms with Gasteiger partial charge < -0.3 is 4.74 Å². The fourth-order valence-corrected chi connectivity index (χ4v) is 4.14. The van der Waals surface area contributed by atoms with Crippen LogP contribution in [0, 0.1) is 0 Å². The molecule has 2 heterocycles. The van der Waals surface area contributed by atoms with E-state index in [0.717, 1.165) is 11.8 Å². The van der Waals surface area contributed by atoms with E-state index in [4.69, 9.17) is 4.74 Å². The molecule has 0 N–H and O–H groups in total. The highest BCUT2D eigenvalue weighted by Gasteiger charge is 2.35. The number of piperidine rings is 1. The van der Waals surface area contributed by atoms with Gasteiger partial charge in [0.15, 0.2) is 0 Å². The average Bonchev–Trinajstić information content (AvgIpc) is 3.05. The number of nitrogens with zero attached hydrogens (tertiary/aromatic N) is 1. The van der Waals surface area contributed by atoms with Gasteiger partial charge in [-0.1, -0.05) is 48.9 Å². The Morgan fingerprint density at radius 1 is 0.875 bits per heavy atom. The third kappa shape index (κ3) is 3.76. The van der Waals surface area contributed by atoms with Crippen LogP contribution in [0.25, 0.3) is 0 Å². The van der Waals surface area contributed by atoms with Gasteiger partial charge in [0, 0.05) is 12.1 Å². The number of hydrogen-bond acceptors (Lipinski definition) is 2. The first kappa shape index (κ1) is 17.3. The maximum atomic E-state index is 5.90. The number of rotatable bonds is 4. The van der Waals surface area contributed by atoms with E-state index < -0.39 is 0 Å². The predicted molar refractivity (Wildman–Crippen MR) is 101 cm³/mol. The summed E-state index contributed by atoms with van der Waals surface area (Å²) in [5.41, 5.74) is 2.67. The molecule has 2 atom stereocenters. The molecule has 2 nitrogen and oxygen atoms in total. The normalized spacial score (nSPS) is 23.3. The molecule has 24 heavy (non-hydrogen) atoms. The largest absolute Gasteiger partial charge is 0.489 e. The zero-order chi connectivity index (χ0) is 15.5. The van der Waals surface area contributed by atoms with E-state index in [9.17, 15) is 0 Å². The van der Waals surface area contributed by atoms with Gasteiger partial charge in [-0.05, 0) is 55.5 Å². The molecule has 2 saturated heterocycles. The summed E-state index contributed by atoms with van der Waals surface area (Å²) in [5.74, 6) is 0.964. The Balaban J connectivity index is 0.00000169. The average molecular weight is 344 g/mol. The van der Waals surface area contributed by atoms with Crippen LogP contribution in [-0.2, 0) is 6.61 Å². The van der Waals surface area contributed by atoms with Crippen LogP contribution in [0.15, 0.2) is 54.6 Å². The maximum absolute atomic E-state index is 5.90. The Morgan fingerprint density at radius 2 is 1.67 bits per heavy atom. The highest BCUT2D eigenvalue weighted by molar-refractivity contribution is 5.85. The minimum atomic E-state index is 0. The van der Waals surface area contributed by atoms with Gasteiger partial charge in [0.2, 0.25) is 0 Å². The summed E-state index contributed by atoms with van der Waals surface area (Å²) in [6, 6.07) is 20.6. The van der Waals surface area contributed by atoms with Crippen molar-refractivity contribution in [2.45, 2.75) is 50.8 Å². The first-order chi connectivity index (χ1) is 11.4. The van der Waals surface area contributed by atoms with Crippen molar-refractivity contribution in [2.24, 2.45) is 0 Å². The summed E-state index contributed by atoms with van der Waals surface area (Å²) in [7, 11) is 0. The van der Waals surface area contributed by atoms with Crippen LogP contribution < -0.4 is 4.74 Å². The Bertz CT molecular complexity index is 628. The molecular formula is C21H26ClNO. The van der Waals surface area contributed by atoms with Crippen LogP contribution in [0.4, 0.5) is 0 Å². The molecule has 0 aliphatic carbocycles. The molecule has 0 saturated carbocycles. The Morgan fingerprint density at radius 3 is 2.46 bits per heavy atom. The molecule has 2 aromatic carbocycles. The second-order valence-corrected chi connectivity index (χ2v) is 6.82. The number of halogens is 1. The van der Waals surface area contributed by atoms with Gasteiger partial charge >= 0.3 is 0 Å². The highest BCUT2D eigenvalue weighted by atomic mass is 35.5. The molecule has 0 radical (unpaired) electrons. The van der Waals surface area contributed by atoms with Crippen LogP contribution >= 0.6 is 12.4 Å². The monoisotopic (exact) mass is 343 g/mol. The van der Waals surface area contributed by atoms with E-state index in [-0.39, 0.29) is 12.4 Å². The third-order valence-electron chi connectivity index (χ3n) is 5.36. The van der Waals surface area contributed by atoms with E-state index >= 15 is 0 Å². The van der Waals surface area contributed by atoms with Gasteiger partial charge in [-0.3, -0.25) is 4.90 Å². The fraction of sp³-hybridized carbons (Fsp3) is 0.429. The van der Waals surface area contributed by atoms with Crippen molar-refractivity contribution in [1.82, 2.24) is 4.90 Å². The molecule has 128 valence electrons. The molecule has 0 unspecified atom stereocenters. The van der Waals surface area contributed by atoms with Gasteiger partial charge in [-0.2, -0.15) is 0 Å². The van der Waals surface area contributed by atoms with Crippen molar-refractivity contribution < 1.29 is 4.74 Å². The van der Waals surface area contributed by atoms with Crippen LogP contribution in [0.1, 0.15) is 49.3 Å². The van der Waals surface area contributed by atoms with Crippen molar-refractivity contribution in [3.8, 4) is 5.75 Å². The predicted octanol–water partition coefficient (Wildman–Crippen LogP) is 5.38. The van der Waals surface area contributed by atoms with Crippen LogP contribution in [-0.4, -0.2) is 17.5 Å². The van der Waals surface area contributed by atoms with Gasteiger partial charge in [0.05, 0.1) is 0 Å². The van der Waals surface area contributed by atoms with Crippen molar-refractivity contribution in [2.75, 3.05) is 6.54 Å². The van der Waals surface area contributed by atoms with Gasteiger partial charge in [-0.15, -0.1) is 12.4 Å². The molecule has 4 rings (SSSR count). The number of benzene rings is 2. The lowest BCUT2D eigenvalue weighted by atomic mass is 10.0. The first-order valence-electron chi connectivity index (χ1n) is 8.92. The number of ether oxygens (including phenoxy) is 1. The lowest BCUT2D eigenvalue weighted by Crippen LogP contribution is -2.35. The van der Waals surface area contributed by atoms with E-state index in [2.05, 4.69) is 53.4 Å². The smallest absolute Gasteiger partial charge is 0.119 e. The zero-order valence-electron chi connectivity index (χ0n) is 14.1. The number of fused-ring (bicyclic) bond motifs is 1. The van der Waals surface area contributed by atoms with Crippen molar-refractivity contribution >= 4 is 12.4 Å². The van der Waals surface area contributed by atoms with Gasteiger partial charge in [0.25, 0.3) is 0 Å². The molecule has 0 amide bonds. The molecule has 2 aliphatic rings. The van der Waals surface area contributed by atoms with Crippen molar-refractivity contribution in [1.29, 1.82) is 0 Å². The fourth-order valence-electron chi connectivity index (χ4n) is 4.14. The van der Waals surface area contributed by atoms with E-state index in [1.807, 2.05) is 6.07 Å². The molecule has 0 bridgehead atoms. The van der Waals surface area contributed by atoms with Crippen molar-refractivity contribution in [3.05, 3.63) is 65.7 Å². The summed E-state index contributed by atoms with van der Waals surface area (Å²) in [4.78, 5) is 2.74. The SMILES string of the molecule is Cl.c1ccc(COc2ccc([C@@H]3CC[C@H]4CCCCN43)cc2)cc1. The maximum Gasteiger partial charge on any atom is 0.119 e. The lowest BCUT2D eigenvalue weighted by molar-refractivity contribution is 0.150. The topological polar surface area (TPSA) is 12.5 Å². The molecule has 2 fully saturated rings. The summed E-state index contributed by atoms with van der Waals surface area (Å²) in [6.07, 6.45) is 6.87. The quantitative estimate of drug-likeness (QED) is 0.739. The molecular weight excluding hydrogens is 318 g/mol. The molecule has 0 aromatic heterocycles. The van der Waals surface area contributed by atoms with E-state index in [0.29, 0.717) is 12.6 Å². The van der Waals surface area contributed by atoms with Crippen molar-refractivity contribution in [3.63, 3.8) is 0 Å². The minimum absolute atomic E-state index is 0. The number of hydrogen-bond donors (Lipinski definition) is 0. The Kier molecular flexibility index (Phi) is 5.80. The molecule has 2 aliphatic heterocycles. The Hall–Kier alpha value is -1.51. The second-order valence-electron chi connectivity index (χ2n) is 6.82. The van der Waals surface area contributed by atoms with Crippen LogP contribution in [0.5, 0.6) is 5.75 Å². The first-order valence-corrected chi connectivity index (χ1v) is 8.92. The summed E-state index contributed by atoms with van der Waals surface area (Å²) in [6.45, 7) is 1.92. The molecule has 0 spiro atoms. The van der Waals surface area contributed by atoms with Gasteiger partial charge in [0.1, 0.15) is 12.4 Å². The Labute approximate surface area is 151 Å². The highest BCUT2D eigenvalue weighted by Crippen LogP contribution is 2.40. The summed E-state index contributed by atoms with van der Waals surface area (Å²) < 4.78 is 5.90. The second kappa shape index (κ2) is 8.04. The van der Waals surface area contributed by atoms with Gasteiger partial charge in [-0.25, -0.2) is 0 Å². The van der Waals surface area contributed by atoms with Crippen LogP contribution in [0.3, 0.4) is 0 Å². The zero-order valence-corrected chi connectivity index (χ0v) is 14.9. The van der Waals surface area contributed by atoms with E-state index in [1.165, 1.54) is 49.8 Å². The lowest BCUT2D eigenvalue weighted by Gasteiger charge is -2.34. The van der Waals surface area contributed by atoms with E-state index in [1.54, 1.807) is 0 Å². The third-order valence-corrected chi connectivity index (χ3v) is 5.36. The minimum Gasteiger partial charge on any atom is -0.489 e. The summed E-state index contributed by atoms with van der Waals surface area (Å²) >= 11 is 0. The summed E-state index contributed by atoms with van der Waals surface area (Å²) in [5, 5.41) is 0. The standard InChI is InChI=1S/C21H25NO.ClH/c1-2-6-17(7-3-1)16-23-20-12-9-18(10-13-20)21-14-11-19-8-4-5-15-22(19)21;/h1-3,6-7,9-10,12-13,19,21H,4-5,8,11,14-16H2;1H/t19-,21+;/m1./s1. The molecule has 2 aromatic rings. The van der Waals surface area contributed by atoms with Crippen LogP contribution in [0.2, 0.25) is 0 Å². The molecule has 3 heteroatoms.